The van der Waals surface area contributed by atoms with Crippen molar-refractivity contribution in [2.45, 2.75) is 6.04 Å². The number of ether oxygens (including phenoxy) is 1. The van der Waals surface area contributed by atoms with Crippen LogP contribution in [0.1, 0.15) is 11.6 Å². The fraction of sp³-hybridized carbons (Fsp3) is 0.286. The first-order valence-corrected chi connectivity index (χ1v) is 3.34. The summed E-state index contributed by atoms with van der Waals surface area (Å²) in [6, 6.07) is -0.795. The minimum absolute atomic E-state index is 0.496. The zero-order valence-electron chi connectivity index (χ0n) is 6.60. The maximum absolute atomic E-state index is 10.9. The lowest BCUT2D eigenvalue weighted by Crippen LogP contribution is -2.22. The molecule has 1 heterocycles. The van der Waals surface area contributed by atoms with E-state index in [1.807, 2.05) is 0 Å². The lowest BCUT2D eigenvalue weighted by Gasteiger charge is -2.06. The average molecular weight is 167 g/mol. The quantitative estimate of drug-likeness (QED) is 0.609. The molecule has 5 nitrogen and oxygen atoms in total. The summed E-state index contributed by atoms with van der Waals surface area (Å²) in [4.78, 5) is 18.4. The summed E-state index contributed by atoms with van der Waals surface area (Å²) in [6.45, 7) is 0. The molecule has 0 bridgehead atoms. The second-order valence-corrected chi connectivity index (χ2v) is 2.17. The molecular formula is C7H9N3O2. The first kappa shape index (κ1) is 8.61. The lowest BCUT2D eigenvalue weighted by atomic mass is 10.2. The molecule has 5 heteroatoms. The molecule has 1 rings (SSSR count). The van der Waals surface area contributed by atoms with Crippen molar-refractivity contribution in [1.29, 1.82) is 0 Å². The molecule has 0 fully saturated rings. The van der Waals surface area contributed by atoms with E-state index in [4.69, 9.17) is 5.73 Å². The normalized spacial score (nSPS) is 12.2. The van der Waals surface area contributed by atoms with Gasteiger partial charge < -0.3 is 10.5 Å². The van der Waals surface area contributed by atoms with Crippen molar-refractivity contribution in [2.24, 2.45) is 5.73 Å². The molecule has 1 aromatic heterocycles. The molecule has 1 aromatic rings. The van der Waals surface area contributed by atoms with Crippen molar-refractivity contribution in [2.75, 3.05) is 7.11 Å². The summed E-state index contributed by atoms with van der Waals surface area (Å²) < 4.78 is 4.45. The fourth-order valence-corrected chi connectivity index (χ4v) is 0.734. The Labute approximate surface area is 69.6 Å². The van der Waals surface area contributed by atoms with Crippen molar-refractivity contribution in [1.82, 2.24) is 9.97 Å². The second-order valence-electron chi connectivity index (χ2n) is 2.17. The molecule has 0 spiro atoms. The van der Waals surface area contributed by atoms with Crippen LogP contribution in [0, 0.1) is 0 Å². The minimum Gasteiger partial charge on any atom is -0.468 e. The predicted octanol–water partition coefficient (Wildman–Crippen LogP) is -0.351. The number of rotatable bonds is 2. The molecule has 0 aromatic carbocycles. The number of methoxy groups -OCH3 is 1. The van der Waals surface area contributed by atoms with Crippen LogP contribution < -0.4 is 5.73 Å². The number of nitrogens with zero attached hydrogens (tertiary/aromatic N) is 2. The van der Waals surface area contributed by atoms with Gasteiger partial charge in [-0.15, -0.1) is 0 Å². The van der Waals surface area contributed by atoms with E-state index in [0.29, 0.717) is 5.56 Å². The molecule has 0 radical (unpaired) electrons. The van der Waals surface area contributed by atoms with Gasteiger partial charge in [-0.3, -0.25) is 4.79 Å². The zero-order chi connectivity index (χ0) is 8.97. The topological polar surface area (TPSA) is 78.1 Å². The first-order chi connectivity index (χ1) is 5.75. The molecule has 0 saturated heterocycles. The van der Waals surface area contributed by atoms with Crippen molar-refractivity contribution in [3.05, 3.63) is 24.3 Å². The fourth-order valence-electron chi connectivity index (χ4n) is 0.734. The third kappa shape index (κ3) is 1.76. The molecule has 2 N–H and O–H groups in total. The highest BCUT2D eigenvalue weighted by Crippen LogP contribution is 2.07. The molecular weight excluding hydrogens is 158 g/mol. The van der Waals surface area contributed by atoms with E-state index >= 15 is 0 Å². The van der Waals surface area contributed by atoms with Gasteiger partial charge in [0.2, 0.25) is 0 Å². The molecule has 64 valence electrons. The lowest BCUT2D eigenvalue weighted by molar-refractivity contribution is -0.142. The Morgan fingerprint density at radius 2 is 2.17 bits per heavy atom. The maximum atomic E-state index is 10.9. The third-order valence-corrected chi connectivity index (χ3v) is 1.39. The summed E-state index contributed by atoms with van der Waals surface area (Å²) >= 11 is 0. The Hall–Kier alpha value is -1.49. The van der Waals surface area contributed by atoms with Crippen LogP contribution in [0.2, 0.25) is 0 Å². The van der Waals surface area contributed by atoms with E-state index in [0.717, 1.165) is 0 Å². The van der Waals surface area contributed by atoms with Gasteiger partial charge in [0.05, 0.1) is 7.11 Å². The molecule has 0 aliphatic carbocycles. The Morgan fingerprint density at radius 1 is 1.58 bits per heavy atom. The molecule has 1 atom stereocenters. The van der Waals surface area contributed by atoms with Gasteiger partial charge >= 0.3 is 5.97 Å². The van der Waals surface area contributed by atoms with Gasteiger partial charge in [-0.25, -0.2) is 9.97 Å². The van der Waals surface area contributed by atoms with E-state index < -0.39 is 12.0 Å². The van der Waals surface area contributed by atoms with Crippen LogP contribution in [0.4, 0.5) is 0 Å². The highest BCUT2D eigenvalue weighted by atomic mass is 16.5. The Balaban J connectivity index is 2.78. The van der Waals surface area contributed by atoms with Crippen LogP contribution in [0.3, 0.4) is 0 Å². The number of hydrogen-bond acceptors (Lipinski definition) is 5. The smallest absolute Gasteiger partial charge is 0.327 e. The van der Waals surface area contributed by atoms with E-state index in [9.17, 15) is 4.79 Å². The van der Waals surface area contributed by atoms with Crippen LogP contribution in [-0.2, 0) is 9.53 Å². The first-order valence-electron chi connectivity index (χ1n) is 3.34. The van der Waals surface area contributed by atoms with Crippen LogP contribution in [0.15, 0.2) is 18.7 Å². The van der Waals surface area contributed by atoms with Crippen molar-refractivity contribution >= 4 is 5.97 Å². The molecule has 1 unspecified atom stereocenters. The van der Waals surface area contributed by atoms with Crippen LogP contribution in [0.25, 0.3) is 0 Å². The summed E-state index contributed by atoms with van der Waals surface area (Å²) in [5, 5.41) is 0. The molecule has 12 heavy (non-hydrogen) atoms. The van der Waals surface area contributed by atoms with Gasteiger partial charge in [-0.1, -0.05) is 0 Å². The highest BCUT2D eigenvalue weighted by molar-refractivity contribution is 5.76. The van der Waals surface area contributed by atoms with Gasteiger partial charge in [0.25, 0.3) is 0 Å². The molecule has 0 saturated carbocycles. The minimum atomic E-state index is -0.795. The van der Waals surface area contributed by atoms with Crippen LogP contribution in [0.5, 0.6) is 0 Å². The van der Waals surface area contributed by atoms with Crippen LogP contribution >= 0.6 is 0 Å². The average Bonchev–Trinajstić information content (AvgIpc) is 2.17. The summed E-state index contributed by atoms with van der Waals surface area (Å²) in [5.41, 5.74) is 6.04. The van der Waals surface area contributed by atoms with E-state index in [2.05, 4.69) is 14.7 Å². The van der Waals surface area contributed by atoms with Crippen molar-refractivity contribution < 1.29 is 9.53 Å². The van der Waals surface area contributed by atoms with Gasteiger partial charge in [0.1, 0.15) is 12.4 Å². The Kier molecular flexibility index (Phi) is 2.71. The largest absolute Gasteiger partial charge is 0.468 e. The number of aromatic nitrogens is 2. The second kappa shape index (κ2) is 3.77. The summed E-state index contributed by atoms with van der Waals surface area (Å²) in [7, 11) is 1.28. The number of carbonyl (C=O) groups is 1. The zero-order valence-corrected chi connectivity index (χ0v) is 6.60. The SMILES string of the molecule is COC(=O)C(N)c1cncnc1. The number of hydrogen-bond donors (Lipinski definition) is 1. The molecule has 0 aliphatic rings. The monoisotopic (exact) mass is 167 g/mol. The van der Waals surface area contributed by atoms with Crippen molar-refractivity contribution in [3.63, 3.8) is 0 Å². The van der Waals surface area contributed by atoms with Crippen molar-refractivity contribution in [3.8, 4) is 0 Å². The Morgan fingerprint density at radius 3 is 2.67 bits per heavy atom. The maximum Gasteiger partial charge on any atom is 0.327 e. The van der Waals surface area contributed by atoms with Gasteiger partial charge in [-0.05, 0) is 0 Å². The molecule has 0 aliphatic heterocycles. The molecule has 0 amide bonds. The predicted molar refractivity (Wildman–Crippen MR) is 41.0 cm³/mol. The van der Waals surface area contributed by atoms with Crippen LogP contribution in [-0.4, -0.2) is 23.0 Å². The number of nitrogens with two attached hydrogens (primary N) is 1. The van der Waals surface area contributed by atoms with Gasteiger partial charge in [-0.2, -0.15) is 0 Å². The Bertz CT molecular complexity index is 263. The highest BCUT2D eigenvalue weighted by Gasteiger charge is 2.15. The number of carbonyl (C=O) groups excluding carboxylic acids is 1. The van der Waals surface area contributed by atoms with Gasteiger partial charge in [0.15, 0.2) is 0 Å². The van der Waals surface area contributed by atoms with Gasteiger partial charge in [0, 0.05) is 18.0 Å². The number of esters is 1. The van der Waals surface area contributed by atoms with E-state index in [1.165, 1.54) is 25.8 Å². The summed E-state index contributed by atoms with van der Waals surface area (Å²) in [6.07, 6.45) is 4.33. The van der Waals surface area contributed by atoms with E-state index in [-0.39, 0.29) is 0 Å². The third-order valence-electron chi connectivity index (χ3n) is 1.39. The van der Waals surface area contributed by atoms with E-state index in [1.54, 1.807) is 0 Å². The summed E-state index contributed by atoms with van der Waals surface area (Å²) in [5.74, 6) is -0.496. The standard InChI is InChI=1S/C7H9N3O2/c1-12-7(11)6(8)5-2-9-4-10-3-5/h2-4,6H,8H2,1H3.